The summed E-state index contributed by atoms with van der Waals surface area (Å²) >= 11 is 6.11. The van der Waals surface area contributed by atoms with Crippen LogP contribution in [0, 0.1) is 6.92 Å². The van der Waals surface area contributed by atoms with Crippen LogP contribution in [-0.4, -0.2) is 25.8 Å². The van der Waals surface area contributed by atoms with Crippen molar-refractivity contribution in [2.45, 2.75) is 51.9 Å². The van der Waals surface area contributed by atoms with Crippen molar-refractivity contribution in [3.05, 3.63) is 112 Å². The second kappa shape index (κ2) is 11.0. The molecule has 0 saturated carbocycles. The van der Waals surface area contributed by atoms with E-state index in [1.807, 2.05) is 31.3 Å². The lowest BCUT2D eigenvalue weighted by molar-refractivity contribution is 0.0951. The lowest BCUT2D eigenvalue weighted by Crippen LogP contribution is -2.31. The smallest absolute Gasteiger partial charge is 0.253 e. The molecule has 7 nitrogen and oxygen atoms in total. The average Bonchev–Trinajstić information content (AvgIpc) is 3.31. The summed E-state index contributed by atoms with van der Waals surface area (Å²) in [4.78, 5) is 28.1. The van der Waals surface area contributed by atoms with E-state index in [4.69, 9.17) is 21.0 Å². The maximum Gasteiger partial charge on any atom is 0.253 e. The van der Waals surface area contributed by atoms with Crippen molar-refractivity contribution >= 4 is 17.5 Å². The summed E-state index contributed by atoms with van der Waals surface area (Å²) in [5.74, 6) is 1.28. The van der Waals surface area contributed by atoms with E-state index in [-0.39, 0.29) is 11.9 Å². The van der Waals surface area contributed by atoms with Crippen LogP contribution in [0.25, 0.3) is 0 Å². The van der Waals surface area contributed by atoms with Gasteiger partial charge in [0.25, 0.3) is 5.91 Å². The van der Waals surface area contributed by atoms with Crippen molar-refractivity contribution in [1.82, 2.24) is 25.2 Å². The first-order valence-corrected chi connectivity index (χ1v) is 12.5. The summed E-state index contributed by atoms with van der Waals surface area (Å²) in [6.07, 6.45) is 9.88. The van der Waals surface area contributed by atoms with Crippen molar-refractivity contribution < 1.29 is 9.21 Å². The minimum Gasteiger partial charge on any atom is -0.445 e. The number of nitrogens with zero attached hydrogens (tertiary/aromatic N) is 4. The molecule has 36 heavy (non-hydrogen) atoms. The Balaban J connectivity index is 1.34. The first-order chi connectivity index (χ1) is 17.6. The van der Waals surface area contributed by atoms with Crippen LogP contribution in [0.4, 0.5) is 0 Å². The zero-order chi connectivity index (χ0) is 24.9. The molecule has 0 saturated heterocycles. The topological polar surface area (TPSA) is 84.2 Å². The normalized spacial score (nSPS) is 15.0. The van der Waals surface area contributed by atoms with Crippen molar-refractivity contribution in [1.29, 1.82) is 0 Å². The van der Waals surface area contributed by atoms with Crippen molar-refractivity contribution in [2.24, 2.45) is 0 Å². The Bertz CT molecular complexity index is 1360. The second-order valence-corrected chi connectivity index (χ2v) is 9.49. The molecule has 3 aromatic heterocycles. The number of hydrogen-bond donors (Lipinski definition) is 1. The minimum atomic E-state index is -0.224. The molecule has 1 N–H and O–H groups in total. The van der Waals surface area contributed by atoms with Crippen LogP contribution < -0.4 is 5.32 Å². The Morgan fingerprint density at radius 1 is 1.11 bits per heavy atom. The van der Waals surface area contributed by atoms with E-state index in [1.165, 1.54) is 11.8 Å². The number of benzene rings is 1. The molecule has 4 aromatic rings. The highest BCUT2D eigenvalue weighted by molar-refractivity contribution is 6.33. The predicted molar refractivity (Wildman–Crippen MR) is 137 cm³/mol. The molecule has 0 aliphatic heterocycles. The third kappa shape index (κ3) is 5.64. The van der Waals surface area contributed by atoms with Crippen LogP contribution in [-0.2, 0) is 26.1 Å². The molecule has 1 unspecified atom stereocenters. The largest absolute Gasteiger partial charge is 0.445 e. The molecule has 1 atom stereocenters. The number of hydrogen-bond acceptors (Lipinski definition) is 6. The lowest BCUT2D eigenvalue weighted by atomic mass is 9.90. The third-order valence-corrected chi connectivity index (χ3v) is 6.76. The lowest BCUT2D eigenvalue weighted by Gasteiger charge is -2.34. The molecule has 1 amide bonds. The van der Waals surface area contributed by atoms with Crippen LogP contribution in [0.2, 0.25) is 5.02 Å². The van der Waals surface area contributed by atoms with Gasteiger partial charge in [-0.2, -0.15) is 0 Å². The number of nitrogens with one attached hydrogen (secondary N) is 1. The van der Waals surface area contributed by atoms with Crippen LogP contribution >= 0.6 is 11.6 Å². The Morgan fingerprint density at radius 2 is 2.00 bits per heavy atom. The number of aryl methyl sites for hydroxylation is 2. The number of aromatic nitrogens is 3. The van der Waals surface area contributed by atoms with Crippen molar-refractivity contribution in [3.63, 3.8) is 0 Å². The van der Waals surface area contributed by atoms with Gasteiger partial charge in [0.2, 0.25) is 5.89 Å². The third-order valence-electron chi connectivity index (χ3n) is 6.46. The molecule has 8 heteroatoms. The summed E-state index contributed by atoms with van der Waals surface area (Å²) in [5, 5.41) is 3.29. The molecular weight excluding hydrogens is 474 g/mol. The highest BCUT2D eigenvalue weighted by Crippen LogP contribution is 2.34. The van der Waals surface area contributed by atoms with Gasteiger partial charge in [-0.25, -0.2) is 4.98 Å². The van der Waals surface area contributed by atoms with Gasteiger partial charge < -0.3 is 9.73 Å². The fourth-order valence-electron chi connectivity index (χ4n) is 4.77. The van der Waals surface area contributed by atoms with Crippen LogP contribution in [0.15, 0.2) is 71.7 Å². The highest BCUT2D eigenvalue weighted by Gasteiger charge is 2.28. The standard InChI is InChI=1S/C28H28ClN5O2/c1-19-14-32-26(36-19)18-34(25-9-3-7-22-8-4-11-31-27(22)25)17-21-6-2-5-20(13-21)15-33-28(35)23-10-12-30-16-24(23)29/h2,4-6,8,10-14,16,25H,3,7,9,15,17-18H2,1H3,(H,33,35). The molecule has 0 fully saturated rings. The molecular formula is C28H28ClN5O2. The summed E-state index contributed by atoms with van der Waals surface area (Å²) < 4.78 is 5.83. The van der Waals surface area contributed by atoms with Gasteiger partial charge in [0.05, 0.1) is 35.1 Å². The van der Waals surface area contributed by atoms with Gasteiger partial charge in [-0.15, -0.1) is 0 Å². The van der Waals surface area contributed by atoms with Crippen molar-refractivity contribution in [2.75, 3.05) is 0 Å². The molecule has 5 rings (SSSR count). The van der Waals surface area contributed by atoms with E-state index in [0.29, 0.717) is 36.1 Å². The van der Waals surface area contributed by atoms with Crippen LogP contribution in [0.1, 0.15) is 63.3 Å². The minimum absolute atomic E-state index is 0.180. The molecule has 0 spiro atoms. The van der Waals surface area contributed by atoms with Gasteiger partial charge in [0, 0.05) is 31.7 Å². The molecule has 1 aromatic carbocycles. The van der Waals surface area contributed by atoms with E-state index >= 15 is 0 Å². The number of carbonyl (C=O) groups excluding carboxylic acids is 1. The van der Waals surface area contributed by atoms with E-state index in [9.17, 15) is 4.79 Å². The molecule has 3 heterocycles. The Labute approximate surface area is 215 Å². The molecule has 184 valence electrons. The quantitative estimate of drug-likeness (QED) is 0.346. The zero-order valence-electron chi connectivity index (χ0n) is 20.2. The zero-order valence-corrected chi connectivity index (χ0v) is 20.9. The number of pyridine rings is 2. The van der Waals surface area contributed by atoms with Gasteiger partial charge in [-0.3, -0.25) is 19.7 Å². The average molecular weight is 502 g/mol. The monoisotopic (exact) mass is 501 g/mol. The number of oxazole rings is 1. The maximum atomic E-state index is 12.6. The van der Waals surface area contributed by atoms with Gasteiger partial charge in [-0.1, -0.05) is 41.9 Å². The molecule has 0 radical (unpaired) electrons. The van der Waals surface area contributed by atoms with E-state index in [2.05, 4.69) is 38.4 Å². The Hall–Kier alpha value is -3.55. The fourth-order valence-corrected chi connectivity index (χ4v) is 4.98. The Morgan fingerprint density at radius 3 is 2.83 bits per heavy atom. The van der Waals surface area contributed by atoms with E-state index in [1.54, 1.807) is 18.5 Å². The molecule has 1 aliphatic carbocycles. The van der Waals surface area contributed by atoms with E-state index in [0.717, 1.165) is 41.8 Å². The summed E-state index contributed by atoms with van der Waals surface area (Å²) in [6.45, 7) is 3.61. The first-order valence-electron chi connectivity index (χ1n) is 12.1. The number of rotatable bonds is 8. The van der Waals surface area contributed by atoms with Crippen molar-refractivity contribution in [3.8, 4) is 0 Å². The SMILES string of the molecule is Cc1cnc(CN(Cc2cccc(CNC(=O)c3ccncc3Cl)c2)C2CCCc3cccnc32)o1. The van der Waals surface area contributed by atoms with Crippen LogP contribution in [0.3, 0.4) is 0 Å². The van der Waals surface area contributed by atoms with E-state index < -0.39 is 0 Å². The number of fused-ring (bicyclic) bond motifs is 1. The maximum absolute atomic E-state index is 12.6. The predicted octanol–water partition coefficient (Wildman–Crippen LogP) is 5.44. The second-order valence-electron chi connectivity index (χ2n) is 9.08. The summed E-state index contributed by atoms with van der Waals surface area (Å²) in [7, 11) is 0. The van der Waals surface area contributed by atoms with Gasteiger partial charge in [0.1, 0.15) is 5.76 Å². The highest BCUT2D eigenvalue weighted by atomic mass is 35.5. The number of amides is 1. The van der Waals surface area contributed by atoms with Gasteiger partial charge >= 0.3 is 0 Å². The van der Waals surface area contributed by atoms with Gasteiger partial charge in [0.15, 0.2) is 0 Å². The van der Waals surface area contributed by atoms with Crippen LogP contribution in [0.5, 0.6) is 0 Å². The molecule has 1 aliphatic rings. The summed E-state index contributed by atoms with van der Waals surface area (Å²) in [6, 6.07) is 14.3. The van der Waals surface area contributed by atoms with Gasteiger partial charge in [-0.05, 0) is 55.0 Å². The Kier molecular flexibility index (Phi) is 7.39. The molecule has 0 bridgehead atoms. The fraction of sp³-hybridized carbons (Fsp3) is 0.286. The number of carbonyl (C=O) groups is 1. The number of halogens is 1. The first kappa shape index (κ1) is 24.2. The summed E-state index contributed by atoms with van der Waals surface area (Å²) in [5.41, 5.74) is 5.03.